The third-order valence-corrected chi connectivity index (χ3v) is 8.63. The molecule has 0 saturated heterocycles. The maximum atomic E-state index is 14.1. The van der Waals surface area contributed by atoms with Gasteiger partial charge in [0.05, 0.1) is 17.7 Å². The Kier molecular flexibility index (Phi) is 11.2. The van der Waals surface area contributed by atoms with E-state index in [1.54, 1.807) is 62.6 Å². The average Bonchev–Trinajstić information content (AvgIpc) is 2.95. The van der Waals surface area contributed by atoms with Crippen molar-refractivity contribution in [3.05, 3.63) is 88.9 Å². The predicted molar refractivity (Wildman–Crippen MR) is 163 cm³/mol. The number of aryl methyl sites for hydroxylation is 1. The highest BCUT2D eigenvalue weighted by atomic mass is 35.5. The molecule has 3 rings (SSSR count). The van der Waals surface area contributed by atoms with Crippen LogP contribution in [-0.4, -0.2) is 51.4 Å². The average molecular weight is 600 g/mol. The van der Waals surface area contributed by atoms with Gasteiger partial charge in [-0.25, -0.2) is 8.42 Å². The number of anilines is 1. The minimum Gasteiger partial charge on any atom is -0.497 e. The molecule has 0 aliphatic carbocycles. The van der Waals surface area contributed by atoms with E-state index in [0.717, 1.165) is 9.87 Å². The van der Waals surface area contributed by atoms with Gasteiger partial charge in [0.15, 0.2) is 0 Å². The number of hydrogen-bond acceptors (Lipinski definition) is 5. The monoisotopic (exact) mass is 599 g/mol. The largest absolute Gasteiger partial charge is 0.497 e. The summed E-state index contributed by atoms with van der Waals surface area (Å²) >= 11 is 6.17. The first-order chi connectivity index (χ1) is 19.5. The van der Waals surface area contributed by atoms with Crippen LogP contribution in [0, 0.1) is 12.8 Å². The van der Waals surface area contributed by atoms with Crippen LogP contribution < -0.4 is 14.4 Å². The van der Waals surface area contributed by atoms with Crippen molar-refractivity contribution < 1.29 is 22.7 Å². The first kappa shape index (κ1) is 32.0. The van der Waals surface area contributed by atoms with Crippen LogP contribution >= 0.6 is 11.6 Å². The molecule has 3 aromatic rings. The van der Waals surface area contributed by atoms with Crippen LogP contribution in [0.3, 0.4) is 0 Å². The molecule has 0 bridgehead atoms. The molecule has 1 N–H and O–H groups in total. The van der Waals surface area contributed by atoms with Gasteiger partial charge in [-0.2, -0.15) is 0 Å². The summed E-state index contributed by atoms with van der Waals surface area (Å²) in [6.45, 7) is 7.60. The summed E-state index contributed by atoms with van der Waals surface area (Å²) in [6, 6.07) is 19.2. The minimum absolute atomic E-state index is 0.0468. The van der Waals surface area contributed by atoms with Crippen molar-refractivity contribution in [3.8, 4) is 5.75 Å². The number of rotatable bonds is 13. The highest BCUT2D eigenvalue weighted by molar-refractivity contribution is 7.92. The Morgan fingerprint density at radius 2 is 1.66 bits per heavy atom. The number of methoxy groups -OCH3 is 1. The Morgan fingerprint density at radius 1 is 1.00 bits per heavy atom. The number of amides is 2. The lowest BCUT2D eigenvalue weighted by Crippen LogP contribution is -2.52. The predicted octanol–water partition coefficient (Wildman–Crippen LogP) is 5.43. The smallest absolute Gasteiger partial charge is 0.264 e. The Bertz CT molecular complexity index is 1430. The lowest BCUT2D eigenvalue weighted by atomic mass is 10.1. The van der Waals surface area contributed by atoms with Gasteiger partial charge in [0.1, 0.15) is 18.3 Å². The van der Waals surface area contributed by atoms with Gasteiger partial charge in [-0.15, -0.1) is 0 Å². The lowest BCUT2D eigenvalue weighted by Gasteiger charge is -2.33. The number of benzene rings is 3. The highest BCUT2D eigenvalue weighted by Crippen LogP contribution is 2.29. The number of ether oxygens (including phenoxy) is 1. The summed E-state index contributed by atoms with van der Waals surface area (Å²) < 4.78 is 34.2. The van der Waals surface area contributed by atoms with Crippen LogP contribution in [-0.2, 0) is 26.2 Å². The fourth-order valence-electron chi connectivity index (χ4n) is 4.40. The van der Waals surface area contributed by atoms with Gasteiger partial charge < -0.3 is 15.0 Å². The fraction of sp³-hybridized carbons (Fsp3) is 0.355. The fourth-order valence-corrected chi connectivity index (χ4v) is 6.13. The Labute approximate surface area is 248 Å². The second-order valence-electron chi connectivity index (χ2n) is 10.2. The van der Waals surface area contributed by atoms with Crippen molar-refractivity contribution in [2.75, 3.05) is 24.5 Å². The van der Waals surface area contributed by atoms with Crippen molar-refractivity contribution in [1.82, 2.24) is 10.2 Å². The molecule has 0 heterocycles. The second-order valence-corrected chi connectivity index (χ2v) is 12.5. The van der Waals surface area contributed by atoms with E-state index in [9.17, 15) is 18.0 Å². The quantitative estimate of drug-likeness (QED) is 0.283. The van der Waals surface area contributed by atoms with Crippen molar-refractivity contribution in [2.24, 2.45) is 5.92 Å². The van der Waals surface area contributed by atoms with E-state index >= 15 is 0 Å². The Morgan fingerprint density at radius 3 is 2.22 bits per heavy atom. The number of hydrogen-bond donors (Lipinski definition) is 1. The molecule has 3 aromatic carbocycles. The van der Waals surface area contributed by atoms with E-state index in [1.807, 2.05) is 32.9 Å². The van der Waals surface area contributed by atoms with Gasteiger partial charge in [0.2, 0.25) is 11.8 Å². The summed E-state index contributed by atoms with van der Waals surface area (Å²) in [5, 5.41) is 3.38. The van der Waals surface area contributed by atoms with Crippen molar-refractivity contribution >= 4 is 39.1 Å². The van der Waals surface area contributed by atoms with Crippen LogP contribution in [0.5, 0.6) is 5.75 Å². The molecule has 0 radical (unpaired) electrons. The maximum absolute atomic E-state index is 14.1. The SMILES string of the molecule is CC[C@@H](C(=O)NCC(C)C)N(Cc1ccc(OC)cc1)C(=O)CN(c1ccc(Cl)cc1C)S(=O)(=O)c1ccccc1. The first-order valence-corrected chi connectivity index (χ1v) is 15.3. The van der Waals surface area contributed by atoms with Gasteiger partial charge in [0, 0.05) is 18.1 Å². The van der Waals surface area contributed by atoms with Gasteiger partial charge in [-0.1, -0.05) is 62.7 Å². The zero-order valence-corrected chi connectivity index (χ0v) is 25.7. The topological polar surface area (TPSA) is 96.0 Å². The van der Waals surface area contributed by atoms with Crippen molar-refractivity contribution in [2.45, 2.75) is 51.6 Å². The number of carbonyl (C=O) groups excluding carboxylic acids is 2. The van der Waals surface area contributed by atoms with Crippen LogP contribution in [0.4, 0.5) is 5.69 Å². The Hall–Kier alpha value is -3.56. The molecule has 10 heteroatoms. The molecular weight excluding hydrogens is 562 g/mol. The summed E-state index contributed by atoms with van der Waals surface area (Å²) in [7, 11) is -2.58. The van der Waals surface area contributed by atoms with Crippen LogP contribution in [0.1, 0.15) is 38.3 Å². The molecule has 41 heavy (non-hydrogen) atoms. The van der Waals surface area contributed by atoms with E-state index in [4.69, 9.17) is 16.3 Å². The zero-order chi connectivity index (χ0) is 30.2. The molecule has 2 amide bonds. The lowest BCUT2D eigenvalue weighted by molar-refractivity contribution is -0.140. The molecule has 8 nitrogen and oxygen atoms in total. The molecule has 0 unspecified atom stereocenters. The van der Waals surface area contributed by atoms with Crippen molar-refractivity contribution in [3.63, 3.8) is 0 Å². The molecule has 0 saturated carbocycles. The summed E-state index contributed by atoms with van der Waals surface area (Å²) in [5.41, 5.74) is 1.69. The molecule has 1 atom stereocenters. The summed E-state index contributed by atoms with van der Waals surface area (Å²) in [5.74, 6) is 0.0812. The van der Waals surface area contributed by atoms with Crippen molar-refractivity contribution in [1.29, 1.82) is 0 Å². The van der Waals surface area contributed by atoms with E-state index in [0.29, 0.717) is 35.0 Å². The van der Waals surface area contributed by atoms with E-state index in [1.165, 1.54) is 17.0 Å². The molecule has 0 fully saturated rings. The number of sulfonamides is 1. The number of halogens is 1. The van der Waals surface area contributed by atoms with Crippen LogP contribution in [0.15, 0.2) is 77.7 Å². The molecule has 0 aliphatic heterocycles. The molecule has 0 aromatic heterocycles. The normalized spacial score (nSPS) is 12.1. The zero-order valence-electron chi connectivity index (χ0n) is 24.1. The molecule has 220 valence electrons. The third kappa shape index (κ3) is 8.24. The van der Waals surface area contributed by atoms with Gasteiger partial charge in [-0.05, 0) is 72.9 Å². The number of nitrogens with one attached hydrogen (secondary N) is 1. The van der Waals surface area contributed by atoms with E-state index < -0.39 is 28.5 Å². The number of carbonyl (C=O) groups is 2. The van der Waals surface area contributed by atoms with Gasteiger partial charge in [0.25, 0.3) is 10.0 Å². The first-order valence-electron chi connectivity index (χ1n) is 13.5. The summed E-state index contributed by atoms with van der Waals surface area (Å²) in [6.07, 6.45) is 0.344. The van der Waals surface area contributed by atoms with E-state index in [-0.39, 0.29) is 23.3 Å². The molecule has 0 spiro atoms. The van der Waals surface area contributed by atoms with Crippen LogP contribution in [0.2, 0.25) is 5.02 Å². The summed E-state index contributed by atoms with van der Waals surface area (Å²) in [4.78, 5) is 29.0. The second kappa shape index (κ2) is 14.4. The Balaban J connectivity index is 2.06. The number of nitrogens with zero attached hydrogens (tertiary/aromatic N) is 2. The maximum Gasteiger partial charge on any atom is 0.264 e. The van der Waals surface area contributed by atoms with Gasteiger partial charge in [-0.3, -0.25) is 13.9 Å². The molecule has 0 aliphatic rings. The highest BCUT2D eigenvalue weighted by Gasteiger charge is 2.34. The standard InChI is InChI=1S/C31H38ClN3O5S/c1-6-28(31(37)33-19-22(2)3)34(20-24-12-15-26(40-5)16-13-24)30(36)21-35(29-17-14-25(32)18-23(29)4)41(38,39)27-10-8-7-9-11-27/h7-18,22,28H,6,19-21H2,1-5H3,(H,33,37)/t28-/m0/s1. The third-order valence-electron chi connectivity index (χ3n) is 6.62. The van der Waals surface area contributed by atoms with E-state index in [2.05, 4.69) is 5.32 Å². The molecular formula is C31H38ClN3O5S. The van der Waals surface area contributed by atoms with Crippen LogP contribution in [0.25, 0.3) is 0 Å². The minimum atomic E-state index is -4.15. The van der Waals surface area contributed by atoms with Gasteiger partial charge >= 0.3 is 0 Å².